The van der Waals surface area contributed by atoms with Gasteiger partial charge in [0, 0.05) is 13.1 Å². The minimum atomic E-state index is -3.69. The molecule has 100 valence electrons. The van der Waals surface area contributed by atoms with Gasteiger partial charge in [-0.05, 0) is 25.2 Å². The van der Waals surface area contributed by atoms with Crippen molar-refractivity contribution >= 4 is 16.2 Å². The molecule has 1 fully saturated rings. The Morgan fingerprint density at radius 1 is 1.35 bits per heavy atom. The van der Waals surface area contributed by atoms with Crippen molar-refractivity contribution in [1.82, 2.24) is 9.03 Å². The third-order valence-electron chi connectivity index (χ3n) is 2.87. The second-order valence-corrected chi connectivity index (χ2v) is 6.65. The van der Waals surface area contributed by atoms with E-state index in [9.17, 15) is 13.2 Å². The highest BCUT2D eigenvalue weighted by Gasteiger charge is 2.32. The fourth-order valence-electron chi connectivity index (χ4n) is 2.15. The summed E-state index contributed by atoms with van der Waals surface area (Å²) in [6.07, 6.45) is 1.00. The molecule has 6 nitrogen and oxygen atoms in total. The van der Waals surface area contributed by atoms with Crippen molar-refractivity contribution in [3.63, 3.8) is 0 Å². The second-order valence-electron chi connectivity index (χ2n) is 4.95. The summed E-state index contributed by atoms with van der Waals surface area (Å²) in [4.78, 5) is 10.6. The summed E-state index contributed by atoms with van der Waals surface area (Å²) in [6.45, 7) is 6.21. The SMILES string of the molecule is CC1CC(C)CN(S(=O)(=O)NC(C)C(=O)O)C1. The molecule has 0 aliphatic carbocycles. The van der Waals surface area contributed by atoms with E-state index in [0.717, 1.165) is 6.42 Å². The summed E-state index contributed by atoms with van der Waals surface area (Å²) >= 11 is 0. The Morgan fingerprint density at radius 3 is 2.24 bits per heavy atom. The lowest BCUT2D eigenvalue weighted by molar-refractivity contribution is -0.138. The number of carboxylic acid groups (broad SMARTS) is 1. The van der Waals surface area contributed by atoms with Crippen molar-refractivity contribution in [3.8, 4) is 0 Å². The average molecular weight is 264 g/mol. The molecule has 0 amide bonds. The largest absolute Gasteiger partial charge is 0.480 e. The van der Waals surface area contributed by atoms with Crippen LogP contribution < -0.4 is 4.72 Å². The molecule has 0 bridgehead atoms. The fourth-order valence-corrected chi connectivity index (χ4v) is 3.75. The van der Waals surface area contributed by atoms with Crippen LogP contribution in [-0.2, 0) is 15.0 Å². The maximum absolute atomic E-state index is 11.9. The number of piperidine rings is 1. The zero-order chi connectivity index (χ0) is 13.2. The molecule has 0 saturated carbocycles. The molecule has 17 heavy (non-hydrogen) atoms. The maximum atomic E-state index is 11.9. The number of rotatable bonds is 4. The third-order valence-corrected chi connectivity index (χ3v) is 4.50. The summed E-state index contributed by atoms with van der Waals surface area (Å²) in [7, 11) is -3.69. The molecule has 0 radical (unpaired) electrons. The number of hydrogen-bond donors (Lipinski definition) is 2. The Bertz CT molecular complexity index is 372. The van der Waals surface area contributed by atoms with Gasteiger partial charge in [0.1, 0.15) is 6.04 Å². The zero-order valence-corrected chi connectivity index (χ0v) is 11.2. The number of nitrogens with zero attached hydrogens (tertiary/aromatic N) is 1. The van der Waals surface area contributed by atoms with Crippen molar-refractivity contribution in [2.24, 2.45) is 11.8 Å². The average Bonchev–Trinajstić information content (AvgIpc) is 2.15. The number of carbonyl (C=O) groups is 1. The molecule has 0 aromatic carbocycles. The van der Waals surface area contributed by atoms with Crippen LogP contribution in [0.5, 0.6) is 0 Å². The van der Waals surface area contributed by atoms with E-state index in [1.165, 1.54) is 11.2 Å². The van der Waals surface area contributed by atoms with E-state index >= 15 is 0 Å². The highest BCUT2D eigenvalue weighted by molar-refractivity contribution is 7.87. The number of nitrogens with one attached hydrogen (secondary N) is 1. The van der Waals surface area contributed by atoms with E-state index in [1.807, 2.05) is 13.8 Å². The van der Waals surface area contributed by atoms with Gasteiger partial charge in [-0.3, -0.25) is 4.79 Å². The predicted molar refractivity (Wildman–Crippen MR) is 63.7 cm³/mol. The zero-order valence-electron chi connectivity index (χ0n) is 10.4. The lowest BCUT2D eigenvalue weighted by Gasteiger charge is -2.34. The van der Waals surface area contributed by atoms with Crippen molar-refractivity contribution < 1.29 is 18.3 Å². The standard InChI is InChI=1S/C10H20N2O4S/c1-7-4-8(2)6-12(5-7)17(15,16)11-9(3)10(13)14/h7-9,11H,4-6H2,1-3H3,(H,13,14). The molecular weight excluding hydrogens is 244 g/mol. The number of aliphatic carboxylic acids is 1. The lowest BCUT2D eigenvalue weighted by atomic mass is 9.94. The van der Waals surface area contributed by atoms with E-state index in [1.54, 1.807) is 0 Å². The van der Waals surface area contributed by atoms with Gasteiger partial charge in [-0.25, -0.2) is 0 Å². The quantitative estimate of drug-likeness (QED) is 0.763. The van der Waals surface area contributed by atoms with Crippen molar-refractivity contribution in [2.45, 2.75) is 33.2 Å². The molecule has 1 heterocycles. The minimum absolute atomic E-state index is 0.301. The molecule has 1 aliphatic rings. The van der Waals surface area contributed by atoms with Crippen molar-refractivity contribution in [3.05, 3.63) is 0 Å². The van der Waals surface area contributed by atoms with Gasteiger partial charge in [-0.1, -0.05) is 13.8 Å². The normalized spacial score (nSPS) is 28.9. The van der Waals surface area contributed by atoms with E-state index in [0.29, 0.717) is 24.9 Å². The monoisotopic (exact) mass is 264 g/mol. The molecule has 7 heteroatoms. The third kappa shape index (κ3) is 3.93. The summed E-state index contributed by atoms with van der Waals surface area (Å²) in [5.41, 5.74) is 0. The van der Waals surface area contributed by atoms with E-state index < -0.39 is 22.2 Å². The Balaban J connectivity index is 2.73. The first-order valence-electron chi connectivity index (χ1n) is 5.72. The van der Waals surface area contributed by atoms with Crippen LogP contribution in [0, 0.1) is 11.8 Å². The highest BCUT2D eigenvalue weighted by atomic mass is 32.2. The molecule has 3 unspecified atom stereocenters. The highest BCUT2D eigenvalue weighted by Crippen LogP contribution is 2.22. The van der Waals surface area contributed by atoms with Crippen LogP contribution in [0.2, 0.25) is 0 Å². The summed E-state index contributed by atoms with van der Waals surface area (Å²) in [5.74, 6) is -0.572. The van der Waals surface area contributed by atoms with Gasteiger partial charge < -0.3 is 5.11 Å². The Morgan fingerprint density at radius 2 is 1.82 bits per heavy atom. The Kier molecular flexibility index (Phi) is 4.51. The topological polar surface area (TPSA) is 86.7 Å². The van der Waals surface area contributed by atoms with Crippen LogP contribution in [0.25, 0.3) is 0 Å². The van der Waals surface area contributed by atoms with Gasteiger partial charge in [-0.2, -0.15) is 17.4 Å². The van der Waals surface area contributed by atoms with Gasteiger partial charge in [0.15, 0.2) is 0 Å². The van der Waals surface area contributed by atoms with Gasteiger partial charge in [0.25, 0.3) is 10.2 Å². The molecule has 0 aromatic rings. The van der Waals surface area contributed by atoms with Gasteiger partial charge in [0.2, 0.25) is 0 Å². The van der Waals surface area contributed by atoms with E-state index in [2.05, 4.69) is 4.72 Å². The van der Waals surface area contributed by atoms with Gasteiger partial charge in [-0.15, -0.1) is 0 Å². The Labute approximate surface area is 102 Å². The van der Waals surface area contributed by atoms with Crippen LogP contribution >= 0.6 is 0 Å². The first kappa shape index (κ1) is 14.4. The Hall–Kier alpha value is -0.660. The second kappa shape index (κ2) is 5.32. The number of carboxylic acids is 1. The maximum Gasteiger partial charge on any atom is 0.321 e. The molecule has 0 aromatic heterocycles. The van der Waals surface area contributed by atoms with Gasteiger partial charge >= 0.3 is 5.97 Å². The smallest absolute Gasteiger partial charge is 0.321 e. The van der Waals surface area contributed by atoms with Crippen LogP contribution in [0.3, 0.4) is 0 Å². The molecule has 2 N–H and O–H groups in total. The van der Waals surface area contributed by atoms with E-state index in [-0.39, 0.29) is 0 Å². The summed E-state index contributed by atoms with van der Waals surface area (Å²) < 4.78 is 27.4. The van der Waals surface area contributed by atoms with Crippen LogP contribution in [0.1, 0.15) is 27.2 Å². The predicted octanol–water partition coefficient (Wildman–Crippen LogP) is 0.272. The molecular formula is C10H20N2O4S. The lowest BCUT2D eigenvalue weighted by Crippen LogP contribution is -2.51. The molecule has 0 spiro atoms. The fraction of sp³-hybridized carbons (Fsp3) is 0.900. The molecule has 3 atom stereocenters. The van der Waals surface area contributed by atoms with Crippen molar-refractivity contribution in [2.75, 3.05) is 13.1 Å². The van der Waals surface area contributed by atoms with E-state index in [4.69, 9.17) is 5.11 Å². The van der Waals surface area contributed by atoms with Gasteiger partial charge in [0.05, 0.1) is 0 Å². The molecule has 1 saturated heterocycles. The van der Waals surface area contributed by atoms with Crippen LogP contribution in [0.15, 0.2) is 0 Å². The minimum Gasteiger partial charge on any atom is -0.480 e. The summed E-state index contributed by atoms with van der Waals surface area (Å²) in [5, 5.41) is 8.70. The first-order valence-corrected chi connectivity index (χ1v) is 7.16. The first-order chi connectivity index (χ1) is 7.72. The molecule has 1 aliphatic heterocycles. The summed E-state index contributed by atoms with van der Waals surface area (Å²) in [6, 6.07) is -1.10. The molecule has 1 rings (SSSR count). The van der Waals surface area contributed by atoms with Crippen LogP contribution in [0.4, 0.5) is 0 Å². The van der Waals surface area contributed by atoms with Crippen molar-refractivity contribution in [1.29, 1.82) is 0 Å². The number of hydrogen-bond acceptors (Lipinski definition) is 3. The van der Waals surface area contributed by atoms with Crippen LogP contribution in [-0.4, -0.2) is 42.9 Å².